The quantitative estimate of drug-likeness (QED) is 0.229. The van der Waals surface area contributed by atoms with Crippen molar-refractivity contribution in [2.24, 2.45) is 0 Å². The minimum atomic E-state index is -4.74. The molecule has 9 nitrogen and oxygen atoms in total. The predicted octanol–water partition coefficient (Wildman–Crippen LogP) is 4.97. The van der Waals surface area contributed by atoms with Gasteiger partial charge in [-0.05, 0) is 29.3 Å². The molecule has 15 heteroatoms. The average molecular weight is 667 g/mol. The van der Waals surface area contributed by atoms with Gasteiger partial charge in [-0.2, -0.15) is 8.78 Å². The van der Waals surface area contributed by atoms with Crippen molar-refractivity contribution in [3.63, 3.8) is 0 Å². The Morgan fingerprint density at radius 2 is 1.24 bits per heavy atom. The molecule has 6 rings (SSSR count). The number of halogens is 6. The summed E-state index contributed by atoms with van der Waals surface area (Å²) in [5.41, 5.74) is 1.29. The second-order valence-electron chi connectivity index (χ2n) is 10.8. The van der Waals surface area contributed by atoms with Crippen molar-refractivity contribution in [2.75, 3.05) is 13.1 Å². The minimum absolute atomic E-state index is 0.254. The van der Waals surface area contributed by atoms with Gasteiger partial charge in [0, 0.05) is 80.9 Å². The number of hydrogen-bond acceptors (Lipinski definition) is 7. The molecule has 0 atom stereocenters. The van der Waals surface area contributed by atoms with Gasteiger partial charge in [0.05, 0.1) is 0 Å². The normalized spacial score (nSPS) is 15.0. The Morgan fingerprint density at radius 3 is 1.74 bits per heavy atom. The molecule has 2 aromatic carbocycles. The van der Waals surface area contributed by atoms with E-state index in [1.54, 1.807) is 0 Å². The standard InChI is InChI=1S/C16H14F4N2O3.C15H14ClFN2O2/c17-15-14(24)13(23)7-11-9-21(5-6-22(11)15)8-10-1-3-12(4-2-10)25-16(18,19)20;16-12-4-2-1-3-10(12)8-18-5-6-19-11(9-18)7-13(20)14(21)15(19)17/h1-4,7,24H,5-6,8-9H2;1-4,7,21H,5-6,8-9H2. The number of rotatable bonds is 5. The van der Waals surface area contributed by atoms with E-state index in [0.29, 0.717) is 55.7 Å². The summed E-state index contributed by atoms with van der Waals surface area (Å²) in [6.45, 7) is 3.51. The van der Waals surface area contributed by atoms with Gasteiger partial charge in [0.2, 0.25) is 34.3 Å². The molecular weight excluding hydrogens is 639 g/mol. The number of aromatic nitrogens is 2. The number of ether oxygens (including phenoxy) is 1. The van der Waals surface area contributed by atoms with Gasteiger partial charge in [-0.25, -0.2) is 0 Å². The third-order valence-corrected chi connectivity index (χ3v) is 7.95. The summed E-state index contributed by atoms with van der Waals surface area (Å²) >= 11 is 6.14. The molecule has 0 radical (unpaired) electrons. The van der Waals surface area contributed by atoms with Crippen LogP contribution in [0.1, 0.15) is 22.5 Å². The number of benzene rings is 2. The van der Waals surface area contributed by atoms with Crippen molar-refractivity contribution in [2.45, 2.75) is 45.6 Å². The lowest BCUT2D eigenvalue weighted by Crippen LogP contribution is -2.36. The van der Waals surface area contributed by atoms with Crippen molar-refractivity contribution in [3.8, 4) is 17.2 Å². The van der Waals surface area contributed by atoms with Gasteiger partial charge in [-0.15, -0.1) is 13.2 Å². The third-order valence-electron chi connectivity index (χ3n) is 7.59. The average Bonchev–Trinajstić information content (AvgIpc) is 3.00. The van der Waals surface area contributed by atoms with Gasteiger partial charge in [0.15, 0.2) is 0 Å². The first-order valence-corrected chi connectivity index (χ1v) is 14.4. The summed E-state index contributed by atoms with van der Waals surface area (Å²) in [6.07, 6.45) is -4.74. The largest absolute Gasteiger partial charge is 0.573 e. The molecular formula is C31H28ClF5N4O5. The Balaban J connectivity index is 0.000000184. The summed E-state index contributed by atoms with van der Waals surface area (Å²) in [4.78, 5) is 27.0. The van der Waals surface area contributed by atoms with Crippen LogP contribution < -0.4 is 15.6 Å². The number of fused-ring (bicyclic) bond motifs is 2. The van der Waals surface area contributed by atoms with E-state index in [1.807, 2.05) is 29.2 Å². The molecule has 4 aromatic rings. The number of hydrogen-bond donors (Lipinski definition) is 2. The van der Waals surface area contributed by atoms with E-state index in [2.05, 4.69) is 9.64 Å². The lowest BCUT2D eigenvalue weighted by atomic mass is 10.1. The van der Waals surface area contributed by atoms with Crippen molar-refractivity contribution in [3.05, 3.63) is 121 Å². The predicted molar refractivity (Wildman–Crippen MR) is 157 cm³/mol. The van der Waals surface area contributed by atoms with Crippen LogP contribution in [0.4, 0.5) is 22.0 Å². The Hall–Kier alpha value is -4.40. The number of alkyl halides is 3. The maximum Gasteiger partial charge on any atom is 0.573 e. The van der Waals surface area contributed by atoms with E-state index in [0.717, 1.165) is 11.1 Å². The van der Waals surface area contributed by atoms with Gasteiger partial charge in [-0.3, -0.25) is 19.4 Å². The smallest absolute Gasteiger partial charge is 0.501 e. The van der Waals surface area contributed by atoms with Crippen molar-refractivity contribution in [1.82, 2.24) is 18.9 Å². The molecule has 2 aromatic heterocycles. The first kappa shape index (κ1) is 33.0. The van der Waals surface area contributed by atoms with Crippen molar-refractivity contribution < 1.29 is 36.9 Å². The SMILES string of the molecule is O=c1cc2n(c(F)c1O)CCN(Cc1ccc(OC(F)(F)F)cc1)C2.O=c1cc2n(c(F)c1O)CCN(Cc1ccccc1Cl)C2. The molecule has 0 saturated heterocycles. The van der Waals surface area contributed by atoms with Crippen LogP contribution in [0.15, 0.2) is 70.3 Å². The molecule has 0 aliphatic carbocycles. The summed E-state index contributed by atoms with van der Waals surface area (Å²) in [7, 11) is 0. The van der Waals surface area contributed by atoms with Gasteiger partial charge in [0.1, 0.15) is 5.75 Å². The highest BCUT2D eigenvalue weighted by Gasteiger charge is 2.31. The zero-order valence-corrected chi connectivity index (χ0v) is 24.9. The molecule has 46 heavy (non-hydrogen) atoms. The van der Waals surface area contributed by atoms with Crippen LogP contribution in [0, 0.1) is 11.9 Å². The summed E-state index contributed by atoms with van der Waals surface area (Å²) in [5, 5.41) is 19.4. The van der Waals surface area contributed by atoms with Crippen LogP contribution in [0.2, 0.25) is 5.02 Å². The summed E-state index contributed by atoms with van der Waals surface area (Å²) < 4.78 is 70.5. The lowest BCUT2D eigenvalue weighted by Gasteiger charge is -2.30. The maximum absolute atomic E-state index is 13.9. The van der Waals surface area contributed by atoms with Crippen LogP contribution in [-0.4, -0.2) is 48.6 Å². The summed E-state index contributed by atoms with van der Waals surface area (Å²) in [5.74, 6) is -3.80. The molecule has 2 aliphatic rings. The fourth-order valence-electron chi connectivity index (χ4n) is 5.34. The van der Waals surface area contributed by atoms with Gasteiger partial charge < -0.3 is 24.1 Å². The first-order valence-electron chi connectivity index (χ1n) is 14.0. The Bertz CT molecular complexity index is 1850. The Morgan fingerprint density at radius 1 is 0.739 bits per heavy atom. The third kappa shape index (κ3) is 7.69. The highest BCUT2D eigenvalue weighted by Crippen LogP contribution is 2.25. The second-order valence-corrected chi connectivity index (χ2v) is 11.2. The zero-order valence-electron chi connectivity index (χ0n) is 24.1. The van der Waals surface area contributed by atoms with E-state index >= 15 is 0 Å². The Labute approximate surface area is 263 Å². The molecule has 0 bridgehead atoms. The molecule has 0 unspecified atom stereocenters. The molecule has 2 N–H and O–H groups in total. The van der Waals surface area contributed by atoms with Crippen LogP contribution in [0.25, 0.3) is 0 Å². The molecule has 0 spiro atoms. The lowest BCUT2D eigenvalue weighted by molar-refractivity contribution is -0.274. The maximum atomic E-state index is 13.9. The van der Waals surface area contributed by atoms with Crippen LogP contribution in [0.3, 0.4) is 0 Å². The number of aromatic hydroxyl groups is 2. The fraction of sp³-hybridized carbons (Fsp3) is 0.290. The van der Waals surface area contributed by atoms with Gasteiger partial charge in [0.25, 0.3) is 0 Å². The van der Waals surface area contributed by atoms with Crippen LogP contribution in [-0.2, 0) is 39.3 Å². The summed E-state index contributed by atoms with van der Waals surface area (Å²) in [6, 6.07) is 15.5. The van der Waals surface area contributed by atoms with Crippen LogP contribution in [0.5, 0.6) is 17.2 Å². The van der Waals surface area contributed by atoms with Crippen LogP contribution >= 0.6 is 11.6 Å². The van der Waals surface area contributed by atoms with E-state index in [9.17, 15) is 41.8 Å². The molecule has 0 fully saturated rings. The minimum Gasteiger partial charge on any atom is -0.501 e. The molecule has 0 amide bonds. The fourth-order valence-corrected chi connectivity index (χ4v) is 5.54. The topological polar surface area (TPSA) is 100 Å². The van der Waals surface area contributed by atoms with E-state index < -0.39 is 40.6 Å². The van der Waals surface area contributed by atoms with Gasteiger partial charge in [-0.1, -0.05) is 41.9 Å². The van der Waals surface area contributed by atoms with Gasteiger partial charge >= 0.3 is 6.36 Å². The number of nitrogens with zero attached hydrogens (tertiary/aromatic N) is 4. The molecule has 2 aliphatic heterocycles. The molecule has 0 saturated carbocycles. The Kier molecular flexibility index (Phi) is 9.70. The highest BCUT2D eigenvalue weighted by atomic mass is 35.5. The van der Waals surface area contributed by atoms with E-state index in [-0.39, 0.29) is 18.8 Å². The second kappa shape index (κ2) is 13.5. The first-order chi connectivity index (χ1) is 21.8. The number of pyridine rings is 2. The highest BCUT2D eigenvalue weighted by molar-refractivity contribution is 6.31. The van der Waals surface area contributed by atoms with E-state index in [4.69, 9.17) is 11.6 Å². The monoisotopic (exact) mass is 666 g/mol. The van der Waals surface area contributed by atoms with Crippen molar-refractivity contribution in [1.29, 1.82) is 0 Å². The molecule has 244 valence electrons. The van der Waals surface area contributed by atoms with E-state index in [1.165, 1.54) is 45.5 Å². The molecule has 4 heterocycles. The van der Waals surface area contributed by atoms with Crippen molar-refractivity contribution >= 4 is 11.6 Å². The zero-order chi connectivity index (χ0) is 33.2.